The standard InChI is InChI=1S/C39H43N5O5/c1-25-21-44(26(2)24-45)38(47)20-28-18-30(40-37(46)19-29-22-42(3)34-15-8-7-13-32(29)34)16-17-35(28)49-36(25)23-43(4)39(48)41-33-14-9-11-27-10-5-6-12-31(27)33/h5-18,22,25-26,36,45H,19-21,23-24H2,1-4H3,(H,40,46)(H,41,48)/t25-,26+,36-/m1/s1. The maximum Gasteiger partial charge on any atom is 0.321 e. The molecule has 1 aliphatic heterocycles. The summed E-state index contributed by atoms with van der Waals surface area (Å²) >= 11 is 0. The number of hydrogen-bond donors (Lipinski definition) is 3. The second-order valence-electron chi connectivity index (χ2n) is 13.1. The Hall–Kier alpha value is -5.35. The molecule has 0 radical (unpaired) electrons. The first-order valence-electron chi connectivity index (χ1n) is 16.6. The van der Waals surface area contributed by atoms with Gasteiger partial charge in [0.1, 0.15) is 11.9 Å². The van der Waals surface area contributed by atoms with Gasteiger partial charge in [-0.15, -0.1) is 0 Å². The molecule has 3 atom stereocenters. The van der Waals surface area contributed by atoms with Crippen LogP contribution in [0.1, 0.15) is 25.0 Å². The first kappa shape index (κ1) is 33.5. The molecule has 0 bridgehead atoms. The lowest BCUT2D eigenvalue weighted by Gasteiger charge is -2.34. The zero-order valence-corrected chi connectivity index (χ0v) is 28.3. The third kappa shape index (κ3) is 7.39. The molecule has 1 aromatic heterocycles. The number of benzene rings is 4. The van der Waals surface area contributed by atoms with Crippen LogP contribution in [-0.2, 0) is 29.5 Å². The van der Waals surface area contributed by atoms with Crippen molar-refractivity contribution in [3.8, 4) is 5.75 Å². The van der Waals surface area contributed by atoms with E-state index >= 15 is 0 Å². The second-order valence-corrected chi connectivity index (χ2v) is 13.1. The van der Waals surface area contributed by atoms with E-state index in [1.807, 2.05) is 98.4 Å². The highest BCUT2D eigenvalue weighted by molar-refractivity contribution is 6.01. The maximum absolute atomic E-state index is 13.7. The number of anilines is 2. The molecule has 2 heterocycles. The van der Waals surface area contributed by atoms with E-state index < -0.39 is 12.1 Å². The lowest BCUT2D eigenvalue weighted by Crippen LogP contribution is -2.48. The molecule has 49 heavy (non-hydrogen) atoms. The van der Waals surface area contributed by atoms with Crippen molar-refractivity contribution in [2.75, 3.05) is 37.4 Å². The van der Waals surface area contributed by atoms with Crippen molar-refractivity contribution in [1.82, 2.24) is 14.4 Å². The number of urea groups is 1. The second kappa shape index (κ2) is 14.4. The number of carbonyl (C=O) groups is 3. The number of fused-ring (bicyclic) bond motifs is 3. The molecule has 4 amide bonds. The molecule has 5 aromatic rings. The Morgan fingerprint density at radius 1 is 1.00 bits per heavy atom. The van der Waals surface area contributed by atoms with Crippen molar-refractivity contribution < 1.29 is 24.2 Å². The number of hydrogen-bond acceptors (Lipinski definition) is 5. The lowest BCUT2D eigenvalue weighted by molar-refractivity contribution is -0.134. The fourth-order valence-corrected chi connectivity index (χ4v) is 6.57. The molecule has 0 saturated carbocycles. The number of aliphatic hydroxyl groups is 1. The largest absolute Gasteiger partial charge is 0.488 e. The van der Waals surface area contributed by atoms with E-state index in [0.29, 0.717) is 29.2 Å². The number of nitrogens with one attached hydrogen (secondary N) is 2. The van der Waals surface area contributed by atoms with Gasteiger partial charge in [0.2, 0.25) is 11.8 Å². The number of aromatic nitrogens is 1. The molecule has 0 fully saturated rings. The van der Waals surface area contributed by atoms with Gasteiger partial charge in [0.25, 0.3) is 0 Å². The van der Waals surface area contributed by atoms with E-state index in [4.69, 9.17) is 4.74 Å². The lowest BCUT2D eigenvalue weighted by atomic mass is 10.0. The zero-order valence-electron chi connectivity index (χ0n) is 28.3. The maximum atomic E-state index is 13.7. The zero-order chi connectivity index (χ0) is 34.7. The first-order valence-corrected chi connectivity index (χ1v) is 16.6. The summed E-state index contributed by atoms with van der Waals surface area (Å²) in [6, 6.07) is 26.3. The molecule has 6 rings (SSSR count). The number of aryl methyl sites for hydroxylation is 1. The summed E-state index contributed by atoms with van der Waals surface area (Å²) in [5.74, 6) is 0.00283. The van der Waals surface area contributed by atoms with Crippen LogP contribution in [0.5, 0.6) is 5.75 Å². The van der Waals surface area contributed by atoms with Crippen LogP contribution in [0, 0.1) is 5.92 Å². The van der Waals surface area contributed by atoms with Crippen LogP contribution < -0.4 is 15.4 Å². The minimum absolute atomic E-state index is 0.0313. The summed E-state index contributed by atoms with van der Waals surface area (Å²) < 4.78 is 8.62. The highest BCUT2D eigenvalue weighted by Crippen LogP contribution is 2.30. The number of aliphatic hydroxyl groups excluding tert-OH is 1. The summed E-state index contributed by atoms with van der Waals surface area (Å²) in [6.07, 6.45) is 1.72. The predicted molar refractivity (Wildman–Crippen MR) is 193 cm³/mol. The van der Waals surface area contributed by atoms with Gasteiger partial charge in [-0.25, -0.2) is 4.79 Å². The molecule has 0 unspecified atom stereocenters. The number of likely N-dealkylation sites (N-methyl/N-ethyl adjacent to an activating group) is 1. The van der Waals surface area contributed by atoms with Gasteiger partial charge in [-0.2, -0.15) is 0 Å². The monoisotopic (exact) mass is 661 g/mol. The predicted octanol–water partition coefficient (Wildman–Crippen LogP) is 5.83. The van der Waals surface area contributed by atoms with Gasteiger partial charge < -0.3 is 34.8 Å². The number of carbonyl (C=O) groups excluding carboxylic acids is 3. The van der Waals surface area contributed by atoms with Crippen molar-refractivity contribution in [3.63, 3.8) is 0 Å². The molecule has 254 valence electrons. The molecule has 0 saturated heterocycles. The van der Waals surface area contributed by atoms with Crippen molar-refractivity contribution in [2.45, 2.75) is 38.8 Å². The Morgan fingerprint density at radius 3 is 2.53 bits per heavy atom. The fourth-order valence-electron chi connectivity index (χ4n) is 6.57. The minimum atomic E-state index is -0.479. The smallest absolute Gasteiger partial charge is 0.321 e. The summed E-state index contributed by atoms with van der Waals surface area (Å²) in [5.41, 5.74) is 3.87. The molecule has 10 heteroatoms. The van der Waals surface area contributed by atoms with Gasteiger partial charge >= 0.3 is 6.03 Å². The molecular formula is C39H43N5O5. The van der Waals surface area contributed by atoms with Crippen LogP contribution in [0.4, 0.5) is 16.2 Å². The topological polar surface area (TPSA) is 116 Å². The Labute approximate surface area is 286 Å². The molecule has 10 nitrogen and oxygen atoms in total. The van der Waals surface area contributed by atoms with Gasteiger partial charge in [-0.1, -0.05) is 61.5 Å². The SMILES string of the molecule is C[C@@H]1CN([C@@H](C)CO)C(=O)Cc2cc(NC(=O)Cc3cn(C)c4ccccc34)ccc2O[C@@H]1CN(C)C(=O)Nc1cccc2ccccc12. The van der Waals surface area contributed by atoms with E-state index in [1.165, 1.54) is 0 Å². The number of para-hydroxylation sites is 1. The number of amides is 4. The van der Waals surface area contributed by atoms with Crippen molar-refractivity contribution in [2.24, 2.45) is 13.0 Å². The third-order valence-corrected chi connectivity index (χ3v) is 9.36. The first-order chi connectivity index (χ1) is 23.6. The Bertz CT molecular complexity index is 2000. The third-order valence-electron chi connectivity index (χ3n) is 9.36. The average Bonchev–Trinajstić information content (AvgIpc) is 3.43. The van der Waals surface area contributed by atoms with Gasteiger partial charge in [-0.05, 0) is 48.2 Å². The van der Waals surface area contributed by atoms with E-state index in [1.54, 1.807) is 35.0 Å². The van der Waals surface area contributed by atoms with E-state index in [2.05, 4.69) is 10.6 Å². The number of ether oxygens (including phenoxy) is 1. The summed E-state index contributed by atoms with van der Waals surface area (Å²) in [6.45, 7) is 4.20. The molecule has 0 aliphatic carbocycles. The van der Waals surface area contributed by atoms with Crippen LogP contribution in [0.15, 0.2) is 91.1 Å². The van der Waals surface area contributed by atoms with Crippen molar-refractivity contribution >= 4 is 50.9 Å². The minimum Gasteiger partial charge on any atom is -0.488 e. The Morgan fingerprint density at radius 2 is 1.73 bits per heavy atom. The molecular weight excluding hydrogens is 618 g/mol. The Kier molecular flexibility index (Phi) is 9.87. The van der Waals surface area contributed by atoms with Gasteiger partial charge in [0.05, 0.1) is 37.7 Å². The molecule has 4 aromatic carbocycles. The van der Waals surface area contributed by atoms with E-state index in [9.17, 15) is 19.5 Å². The average molecular weight is 662 g/mol. The van der Waals surface area contributed by atoms with Crippen LogP contribution >= 0.6 is 0 Å². The summed E-state index contributed by atoms with van der Waals surface area (Å²) in [4.78, 5) is 43.6. The van der Waals surface area contributed by atoms with Gasteiger partial charge in [0.15, 0.2) is 0 Å². The normalized spacial score (nSPS) is 17.0. The van der Waals surface area contributed by atoms with Gasteiger partial charge in [0, 0.05) is 60.3 Å². The highest BCUT2D eigenvalue weighted by atomic mass is 16.5. The van der Waals surface area contributed by atoms with Crippen molar-refractivity contribution in [3.05, 3.63) is 102 Å². The van der Waals surface area contributed by atoms with Gasteiger partial charge in [-0.3, -0.25) is 9.59 Å². The fraction of sp³-hybridized carbons (Fsp3) is 0.308. The van der Waals surface area contributed by atoms with Crippen LogP contribution in [-0.4, -0.2) is 76.2 Å². The van der Waals surface area contributed by atoms with Crippen LogP contribution in [0.25, 0.3) is 21.7 Å². The number of nitrogens with zero attached hydrogens (tertiary/aromatic N) is 3. The highest BCUT2D eigenvalue weighted by Gasteiger charge is 2.32. The molecule has 0 spiro atoms. The molecule has 3 N–H and O–H groups in total. The van der Waals surface area contributed by atoms with Crippen LogP contribution in [0.2, 0.25) is 0 Å². The summed E-state index contributed by atoms with van der Waals surface area (Å²) in [7, 11) is 3.68. The van der Waals surface area contributed by atoms with Crippen molar-refractivity contribution in [1.29, 1.82) is 0 Å². The van der Waals surface area contributed by atoms with E-state index in [0.717, 1.165) is 27.2 Å². The Balaban J connectivity index is 1.22. The van der Waals surface area contributed by atoms with Crippen LogP contribution in [0.3, 0.4) is 0 Å². The quantitative estimate of drug-likeness (QED) is 0.194. The summed E-state index contributed by atoms with van der Waals surface area (Å²) in [5, 5.41) is 19.1. The number of rotatable bonds is 8. The molecule has 1 aliphatic rings. The van der Waals surface area contributed by atoms with E-state index in [-0.39, 0.29) is 49.8 Å².